The standard InChI is InChI=1S/C21H25N3O5/c1-23-11-17(22-12-23)20(26)24-9-14-7-18(25)19(8-15(14)10-24)29-16-5-3-4-13(6-16)21(27)28-2/h3-6,11-12,14-15,18-19,25H,7-10H2,1-2H3/t14-,15+,18+,19+/m0/s1. The molecule has 4 atom stereocenters. The number of likely N-dealkylation sites (tertiary alicyclic amines) is 1. The summed E-state index contributed by atoms with van der Waals surface area (Å²) in [7, 11) is 3.17. The van der Waals surface area contributed by atoms with Crippen LogP contribution in [0.2, 0.25) is 0 Å². The smallest absolute Gasteiger partial charge is 0.337 e. The third-order valence-corrected chi connectivity index (χ3v) is 5.84. The van der Waals surface area contributed by atoms with E-state index in [0.29, 0.717) is 42.9 Å². The number of hydrogen-bond donors (Lipinski definition) is 1. The third kappa shape index (κ3) is 3.98. The van der Waals surface area contributed by atoms with Gasteiger partial charge in [0.05, 0.1) is 25.1 Å². The highest BCUT2D eigenvalue weighted by molar-refractivity contribution is 5.92. The summed E-state index contributed by atoms with van der Waals surface area (Å²) in [6, 6.07) is 6.76. The SMILES string of the molecule is COC(=O)c1cccc(O[C@@H]2C[C@@H]3CN(C(=O)c4cn(C)cn4)C[C@@H]3C[C@H]2O)c1. The van der Waals surface area contributed by atoms with Gasteiger partial charge in [-0.15, -0.1) is 0 Å². The number of aliphatic hydroxyl groups is 1. The van der Waals surface area contributed by atoms with E-state index in [2.05, 4.69) is 4.98 Å². The second-order valence-electron chi connectivity index (χ2n) is 7.87. The van der Waals surface area contributed by atoms with Crippen molar-refractivity contribution in [3.8, 4) is 5.75 Å². The summed E-state index contributed by atoms with van der Waals surface area (Å²) in [5.41, 5.74) is 0.847. The molecule has 8 heteroatoms. The van der Waals surface area contributed by atoms with Crippen molar-refractivity contribution in [2.45, 2.75) is 25.0 Å². The van der Waals surface area contributed by atoms with Crippen LogP contribution in [-0.4, -0.2) is 63.8 Å². The van der Waals surface area contributed by atoms with E-state index in [-0.39, 0.29) is 23.8 Å². The summed E-state index contributed by atoms with van der Waals surface area (Å²) in [5.74, 6) is 0.533. The molecule has 2 fully saturated rings. The van der Waals surface area contributed by atoms with Crippen molar-refractivity contribution in [2.24, 2.45) is 18.9 Å². The number of benzene rings is 1. The predicted octanol–water partition coefficient (Wildman–Crippen LogP) is 1.50. The maximum Gasteiger partial charge on any atom is 0.337 e. The van der Waals surface area contributed by atoms with Crippen molar-refractivity contribution in [1.29, 1.82) is 0 Å². The van der Waals surface area contributed by atoms with Gasteiger partial charge < -0.3 is 24.0 Å². The molecule has 8 nitrogen and oxygen atoms in total. The second kappa shape index (κ2) is 7.87. The first-order valence-corrected chi connectivity index (χ1v) is 9.75. The van der Waals surface area contributed by atoms with E-state index in [4.69, 9.17) is 9.47 Å². The lowest BCUT2D eigenvalue weighted by atomic mass is 9.78. The molecule has 1 N–H and O–H groups in total. The Hall–Kier alpha value is -2.87. The topological polar surface area (TPSA) is 93.9 Å². The zero-order chi connectivity index (χ0) is 20.5. The molecule has 1 aliphatic heterocycles. The number of methoxy groups -OCH3 is 1. The van der Waals surface area contributed by atoms with Crippen LogP contribution in [0.15, 0.2) is 36.8 Å². The molecule has 1 aliphatic carbocycles. The number of rotatable bonds is 4. The summed E-state index contributed by atoms with van der Waals surface area (Å²) in [6.45, 7) is 1.26. The Kier molecular flexibility index (Phi) is 5.27. The van der Waals surface area contributed by atoms with Crippen molar-refractivity contribution in [2.75, 3.05) is 20.2 Å². The second-order valence-corrected chi connectivity index (χ2v) is 7.87. The van der Waals surface area contributed by atoms with Gasteiger partial charge in [0.15, 0.2) is 0 Å². The van der Waals surface area contributed by atoms with Crippen LogP contribution in [0, 0.1) is 11.8 Å². The fourth-order valence-electron chi connectivity index (χ4n) is 4.36. The molecule has 1 amide bonds. The van der Waals surface area contributed by atoms with Gasteiger partial charge in [-0.05, 0) is 42.9 Å². The van der Waals surface area contributed by atoms with E-state index in [1.165, 1.54) is 7.11 Å². The number of fused-ring (bicyclic) bond motifs is 1. The Morgan fingerprint density at radius 2 is 1.97 bits per heavy atom. The van der Waals surface area contributed by atoms with Gasteiger partial charge in [0, 0.05) is 26.3 Å². The van der Waals surface area contributed by atoms with E-state index in [9.17, 15) is 14.7 Å². The van der Waals surface area contributed by atoms with E-state index in [0.717, 1.165) is 0 Å². The molecule has 2 heterocycles. The number of imidazole rings is 1. The van der Waals surface area contributed by atoms with Gasteiger partial charge in [-0.3, -0.25) is 4.79 Å². The Balaban J connectivity index is 1.42. The summed E-state index contributed by atoms with van der Waals surface area (Å²) in [6.07, 6.45) is 3.57. The maximum absolute atomic E-state index is 12.7. The molecule has 1 saturated heterocycles. The number of ether oxygens (including phenoxy) is 2. The number of esters is 1. The van der Waals surface area contributed by atoms with Crippen LogP contribution >= 0.6 is 0 Å². The van der Waals surface area contributed by atoms with Crippen LogP contribution < -0.4 is 4.74 Å². The van der Waals surface area contributed by atoms with E-state index < -0.39 is 12.1 Å². The van der Waals surface area contributed by atoms with Crippen molar-refractivity contribution in [1.82, 2.24) is 14.5 Å². The van der Waals surface area contributed by atoms with E-state index in [1.807, 2.05) is 11.9 Å². The molecular weight excluding hydrogens is 374 g/mol. The van der Waals surface area contributed by atoms with Crippen LogP contribution in [0.5, 0.6) is 5.75 Å². The fourth-order valence-corrected chi connectivity index (χ4v) is 4.36. The molecule has 1 aromatic carbocycles. The lowest BCUT2D eigenvalue weighted by Gasteiger charge is -2.35. The van der Waals surface area contributed by atoms with Gasteiger partial charge in [0.25, 0.3) is 5.91 Å². The minimum absolute atomic E-state index is 0.0715. The molecule has 0 radical (unpaired) electrons. The van der Waals surface area contributed by atoms with E-state index in [1.54, 1.807) is 41.4 Å². The van der Waals surface area contributed by atoms with Crippen molar-refractivity contribution >= 4 is 11.9 Å². The van der Waals surface area contributed by atoms with Crippen LogP contribution in [0.1, 0.15) is 33.7 Å². The Bertz CT molecular complexity index is 911. The number of amides is 1. The van der Waals surface area contributed by atoms with Gasteiger partial charge in [-0.25, -0.2) is 9.78 Å². The highest BCUT2D eigenvalue weighted by atomic mass is 16.5. The Morgan fingerprint density at radius 3 is 2.66 bits per heavy atom. The number of aliphatic hydroxyl groups excluding tert-OH is 1. The average molecular weight is 399 g/mol. The summed E-state index contributed by atoms with van der Waals surface area (Å²) in [4.78, 5) is 30.4. The minimum Gasteiger partial charge on any atom is -0.488 e. The summed E-state index contributed by atoms with van der Waals surface area (Å²) >= 11 is 0. The molecule has 154 valence electrons. The van der Waals surface area contributed by atoms with Crippen LogP contribution in [0.3, 0.4) is 0 Å². The monoisotopic (exact) mass is 399 g/mol. The number of nitrogens with zero attached hydrogens (tertiary/aromatic N) is 3. The molecular formula is C21H25N3O5. The molecule has 29 heavy (non-hydrogen) atoms. The molecule has 4 rings (SSSR count). The molecule has 2 aliphatic rings. The Morgan fingerprint density at radius 1 is 1.21 bits per heavy atom. The highest BCUT2D eigenvalue weighted by Gasteiger charge is 2.44. The number of carbonyl (C=O) groups excluding carboxylic acids is 2. The number of hydrogen-bond acceptors (Lipinski definition) is 6. The maximum atomic E-state index is 12.7. The van der Waals surface area contributed by atoms with Gasteiger partial charge in [-0.2, -0.15) is 0 Å². The van der Waals surface area contributed by atoms with Gasteiger partial charge >= 0.3 is 5.97 Å². The predicted molar refractivity (Wildman–Crippen MR) is 104 cm³/mol. The average Bonchev–Trinajstić information content (AvgIpc) is 3.33. The van der Waals surface area contributed by atoms with Crippen molar-refractivity contribution in [3.05, 3.63) is 48.0 Å². The quantitative estimate of drug-likeness (QED) is 0.783. The first kappa shape index (κ1) is 19.4. The zero-order valence-corrected chi connectivity index (χ0v) is 16.5. The highest BCUT2D eigenvalue weighted by Crippen LogP contribution is 2.38. The van der Waals surface area contributed by atoms with Crippen LogP contribution in [-0.2, 0) is 11.8 Å². The normalized spacial score (nSPS) is 26.1. The molecule has 0 spiro atoms. The number of aromatic nitrogens is 2. The molecule has 1 aromatic heterocycles. The van der Waals surface area contributed by atoms with Gasteiger partial charge in [0.1, 0.15) is 17.5 Å². The van der Waals surface area contributed by atoms with Crippen LogP contribution in [0.25, 0.3) is 0 Å². The van der Waals surface area contributed by atoms with Gasteiger partial charge in [-0.1, -0.05) is 6.07 Å². The largest absolute Gasteiger partial charge is 0.488 e. The van der Waals surface area contributed by atoms with Crippen molar-refractivity contribution in [3.63, 3.8) is 0 Å². The summed E-state index contributed by atoms with van der Waals surface area (Å²) in [5, 5.41) is 10.6. The van der Waals surface area contributed by atoms with Crippen LogP contribution in [0.4, 0.5) is 0 Å². The fraction of sp³-hybridized carbons (Fsp3) is 0.476. The third-order valence-electron chi connectivity index (χ3n) is 5.84. The summed E-state index contributed by atoms with van der Waals surface area (Å²) < 4.78 is 12.5. The lowest BCUT2D eigenvalue weighted by Crippen LogP contribution is -2.42. The van der Waals surface area contributed by atoms with Gasteiger partial charge in [0.2, 0.25) is 0 Å². The molecule has 0 bridgehead atoms. The number of carbonyl (C=O) groups is 2. The number of aryl methyl sites for hydroxylation is 1. The van der Waals surface area contributed by atoms with E-state index >= 15 is 0 Å². The first-order valence-electron chi connectivity index (χ1n) is 9.75. The first-order chi connectivity index (χ1) is 13.9. The van der Waals surface area contributed by atoms with Crippen molar-refractivity contribution < 1.29 is 24.2 Å². The molecule has 1 saturated carbocycles. The molecule has 2 aromatic rings. The minimum atomic E-state index is -0.622. The Labute approximate surface area is 169 Å². The lowest BCUT2D eigenvalue weighted by molar-refractivity contribution is -0.0231. The zero-order valence-electron chi connectivity index (χ0n) is 16.5. The molecule has 0 unspecified atom stereocenters.